The second-order valence-corrected chi connectivity index (χ2v) is 3.37. The van der Waals surface area contributed by atoms with Gasteiger partial charge in [-0.1, -0.05) is 25.7 Å². The van der Waals surface area contributed by atoms with Gasteiger partial charge in [-0.25, -0.2) is 0 Å². The molecule has 0 aromatic heterocycles. The third-order valence-electron chi connectivity index (χ3n) is 2.45. The van der Waals surface area contributed by atoms with Gasteiger partial charge in [0, 0.05) is 7.11 Å². The summed E-state index contributed by atoms with van der Waals surface area (Å²) in [4.78, 5) is 0. The van der Waals surface area contributed by atoms with Gasteiger partial charge in [0.25, 0.3) is 0 Å². The van der Waals surface area contributed by atoms with Crippen LogP contribution in [0.15, 0.2) is 0 Å². The summed E-state index contributed by atoms with van der Waals surface area (Å²) in [6.07, 6.45) is 7.15. The van der Waals surface area contributed by atoms with E-state index in [2.05, 4.69) is 5.32 Å². The molecule has 0 bridgehead atoms. The van der Waals surface area contributed by atoms with Gasteiger partial charge in [0.15, 0.2) is 0 Å². The molecule has 0 saturated heterocycles. The van der Waals surface area contributed by atoms with E-state index < -0.39 is 0 Å². The number of hydrogen-bond donors (Lipinski definition) is 1. The number of methoxy groups -OCH3 is 1. The standard InChI is InChI=1S/C9H19NO/c1-11-8-10-7-6-9-4-2-3-5-9/h9-10H,2-8H2,1H3. The molecule has 0 aromatic rings. The average Bonchev–Trinajstić information content (AvgIpc) is 2.50. The predicted molar refractivity (Wildman–Crippen MR) is 46.5 cm³/mol. The molecule has 2 heteroatoms. The summed E-state index contributed by atoms with van der Waals surface area (Å²) in [5.41, 5.74) is 0. The van der Waals surface area contributed by atoms with Crippen molar-refractivity contribution in [3.8, 4) is 0 Å². The number of nitrogens with one attached hydrogen (secondary N) is 1. The SMILES string of the molecule is COCNCCC1CCCC1. The van der Waals surface area contributed by atoms with E-state index in [1.165, 1.54) is 32.1 Å². The van der Waals surface area contributed by atoms with Crippen molar-refractivity contribution in [2.75, 3.05) is 20.4 Å². The van der Waals surface area contributed by atoms with Gasteiger partial charge in [0.1, 0.15) is 0 Å². The summed E-state index contributed by atoms with van der Waals surface area (Å²) in [6, 6.07) is 0. The van der Waals surface area contributed by atoms with Crippen LogP contribution in [-0.2, 0) is 4.74 Å². The molecule has 0 atom stereocenters. The first-order valence-corrected chi connectivity index (χ1v) is 4.63. The Kier molecular flexibility index (Phi) is 4.55. The quantitative estimate of drug-likeness (QED) is 0.485. The number of hydrogen-bond acceptors (Lipinski definition) is 2. The lowest BCUT2D eigenvalue weighted by atomic mass is 10.0. The van der Waals surface area contributed by atoms with Crippen molar-refractivity contribution in [1.82, 2.24) is 5.32 Å². The van der Waals surface area contributed by atoms with Crippen LogP contribution in [0.25, 0.3) is 0 Å². The molecule has 1 aliphatic carbocycles. The molecule has 0 spiro atoms. The van der Waals surface area contributed by atoms with Crippen molar-refractivity contribution in [1.29, 1.82) is 0 Å². The van der Waals surface area contributed by atoms with Gasteiger partial charge in [0.05, 0.1) is 6.73 Å². The van der Waals surface area contributed by atoms with Crippen LogP contribution in [0.5, 0.6) is 0 Å². The summed E-state index contributed by atoms with van der Waals surface area (Å²) in [5.74, 6) is 0.999. The van der Waals surface area contributed by atoms with E-state index in [-0.39, 0.29) is 0 Å². The highest BCUT2D eigenvalue weighted by Gasteiger charge is 2.13. The van der Waals surface area contributed by atoms with Crippen LogP contribution in [0.1, 0.15) is 32.1 Å². The first-order chi connectivity index (χ1) is 5.43. The van der Waals surface area contributed by atoms with Crippen molar-refractivity contribution in [2.24, 2.45) is 5.92 Å². The highest BCUT2D eigenvalue weighted by Crippen LogP contribution is 2.26. The van der Waals surface area contributed by atoms with Crippen molar-refractivity contribution in [3.05, 3.63) is 0 Å². The van der Waals surface area contributed by atoms with Crippen LogP contribution in [0, 0.1) is 5.92 Å². The van der Waals surface area contributed by atoms with E-state index >= 15 is 0 Å². The molecular weight excluding hydrogens is 138 g/mol. The van der Waals surface area contributed by atoms with Gasteiger partial charge >= 0.3 is 0 Å². The fraction of sp³-hybridized carbons (Fsp3) is 1.00. The summed E-state index contributed by atoms with van der Waals surface area (Å²) in [7, 11) is 1.72. The van der Waals surface area contributed by atoms with Gasteiger partial charge in [-0.05, 0) is 18.9 Å². The monoisotopic (exact) mass is 157 g/mol. The Morgan fingerprint density at radius 3 is 2.73 bits per heavy atom. The maximum atomic E-state index is 4.90. The second-order valence-electron chi connectivity index (χ2n) is 3.37. The Morgan fingerprint density at radius 1 is 1.36 bits per heavy atom. The Bertz CT molecular complexity index is 89.6. The normalized spacial score (nSPS) is 19.4. The largest absolute Gasteiger partial charge is 0.370 e. The Labute approximate surface area is 69.3 Å². The zero-order chi connectivity index (χ0) is 7.94. The van der Waals surface area contributed by atoms with Crippen molar-refractivity contribution >= 4 is 0 Å². The zero-order valence-corrected chi connectivity index (χ0v) is 7.44. The molecule has 0 aromatic carbocycles. The molecule has 1 fully saturated rings. The molecule has 11 heavy (non-hydrogen) atoms. The van der Waals surface area contributed by atoms with E-state index in [1.807, 2.05) is 0 Å². The minimum atomic E-state index is 0.701. The minimum Gasteiger partial charge on any atom is -0.370 e. The third kappa shape index (κ3) is 3.73. The average molecular weight is 157 g/mol. The molecule has 1 saturated carbocycles. The lowest BCUT2D eigenvalue weighted by molar-refractivity contribution is 0.173. The van der Waals surface area contributed by atoms with Crippen LogP contribution < -0.4 is 5.32 Å². The van der Waals surface area contributed by atoms with Gasteiger partial charge < -0.3 is 4.74 Å². The Balaban J connectivity index is 1.86. The van der Waals surface area contributed by atoms with Gasteiger partial charge in [0.2, 0.25) is 0 Å². The van der Waals surface area contributed by atoms with Gasteiger partial charge in [-0.15, -0.1) is 0 Å². The maximum absolute atomic E-state index is 4.90. The van der Waals surface area contributed by atoms with E-state index in [4.69, 9.17) is 4.74 Å². The molecule has 0 heterocycles. The zero-order valence-electron chi connectivity index (χ0n) is 7.44. The molecule has 1 aliphatic rings. The number of rotatable bonds is 5. The molecular formula is C9H19NO. The van der Waals surface area contributed by atoms with Gasteiger partial charge in [-0.3, -0.25) is 5.32 Å². The first kappa shape index (κ1) is 9.01. The minimum absolute atomic E-state index is 0.701. The third-order valence-corrected chi connectivity index (χ3v) is 2.45. The van der Waals surface area contributed by atoms with E-state index in [9.17, 15) is 0 Å². The van der Waals surface area contributed by atoms with Crippen LogP contribution in [0.3, 0.4) is 0 Å². The molecule has 0 aliphatic heterocycles. The molecule has 0 amide bonds. The van der Waals surface area contributed by atoms with E-state index in [0.29, 0.717) is 6.73 Å². The molecule has 1 rings (SSSR count). The summed E-state index contributed by atoms with van der Waals surface area (Å²) in [5, 5.41) is 3.24. The first-order valence-electron chi connectivity index (χ1n) is 4.63. The molecule has 66 valence electrons. The Hall–Kier alpha value is -0.0800. The van der Waals surface area contributed by atoms with E-state index in [1.54, 1.807) is 7.11 Å². The van der Waals surface area contributed by atoms with Crippen LogP contribution in [0.4, 0.5) is 0 Å². The van der Waals surface area contributed by atoms with Crippen molar-refractivity contribution in [3.63, 3.8) is 0 Å². The van der Waals surface area contributed by atoms with Gasteiger partial charge in [-0.2, -0.15) is 0 Å². The number of ether oxygens (including phenoxy) is 1. The van der Waals surface area contributed by atoms with Crippen molar-refractivity contribution < 1.29 is 4.74 Å². The lowest BCUT2D eigenvalue weighted by Gasteiger charge is -2.08. The molecule has 0 unspecified atom stereocenters. The summed E-state index contributed by atoms with van der Waals surface area (Å²) < 4.78 is 4.90. The molecule has 1 N–H and O–H groups in total. The Morgan fingerprint density at radius 2 is 2.09 bits per heavy atom. The predicted octanol–water partition coefficient (Wildman–Crippen LogP) is 1.76. The second kappa shape index (κ2) is 5.56. The maximum Gasteiger partial charge on any atom is 0.0961 e. The highest BCUT2D eigenvalue weighted by molar-refractivity contribution is 4.67. The fourth-order valence-electron chi connectivity index (χ4n) is 1.78. The van der Waals surface area contributed by atoms with E-state index in [0.717, 1.165) is 12.5 Å². The van der Waals surface area contributed by atoms with Crippen LogP contribution in [-0.4, -0.2) is 20.4 Å². The topological polar surface area (TPSA) is 21.3 Å². The molecule has 2 nitrogen and oxygen atoms in total. The lowest BCUT2D eigenvalue weighted by Crippen LogP contribution is -2.19. The summed E-state index contributed by atoms with van der Waals surface area (Å²) >= 11 is 0. The smallest absolute Gasteiger partial charge is 0.0961 e. The summed E-state index contributed by atoms with van der Waals surface area (Å²) in [6.45, 7) is 1.82. The van der Waals surface area contributed by atoms with Crippen molar-refractivity contribution in [2.45, 2.75) is 32.1 Å². The van der Waals surface area contributed by atoms with Crippen LogP contribution in [0.2, 0.25) is 0 Å². The highest BCUT2D eigenvalue weighted by atomic mass is 16.5. The molecule has 0 radical (unpaired) electrons. The van der Waals surface area contributed by atoms with Crippen LogP contribution >= 0.6 is 0 Å². The fourth-order valence-corrected chi connectivity index (χ4v) is 1.78.